The van der Waals surface area contributed by atoms with E-state index in [1.807, 2.05) is 29.6 Å². The summed E-state index contributed by atoms with van der Waals surface area (Å²) in [6.45, 7) is 0. The third-order valence-electron chi connectivity index (χ3n) is 3.55. The number of nitrogens with one attached hydrogen (secondary N) is 1. The number of benzene rings is 1. The lowest BCUT2D eigenvalue weighted by molar-refractivity contribution is -0.141. The number of carbonyl (C=O) groups is 2. The van der Waals surface area contributed by atoms with Gasteiger partial charge in [-0.15, -0.1) is 11.3 Å². The molecule has 20 heavy (non-hydrogen) atoms. The average Bonchev–Trinajstić information content (AvgIpc) is 3.21. The molecule has 0 saturated heterocycles. The van der Waals surface area contributed by atoms with Crippen molar-refractivity contribution >= 4 is 33.3 Å². The molecule has 0 aliphatic heterocycles. The van der Waals surface area contributed by atoms with Crippen molar-refractivity contribution in [2.75, 3.05) is 0 Å². The van der Waals surface area contributed by atoms with Crippen LogP contribution in [0, 0.1) is 5.92 Å². The maximum atomic E-state index is 11.7. The third kappa shape index (κ3) is 2.67. The van der Waals surface area contributed by atoms with Gasteiger partial charge < -0.3 is 10.4 Å². The Kier molecular flexibility index (Phi) is 3.44. The first-order valence-corrected chi connectivity index (χ1v) is 7.51. The molecule has 1 heterocycles. The molecule has 4 nitrogen and oxygen atoms in total. The van der Waals surface area contributed by atoms with E-state index in [1.54, 1.807) is 11.3 Å². The van der Waals surface area contributed by atoms with E-state index >= 15 is 0 Å². The molecule has 0 spiro atoms. The number of hydrogen-bond donors (Lipinski definition) is 2. The van der Waals surface area contributed by atoms with Crippen LogP contribution >= 0.6 is 11.3 Å². The lowest BCUT2D eigenvalue weighted by Gasteiger charge is -2.14. The summed E-state index contributed by atoms with van der Waals surface area (Å²) in [7, 11) is 0. The van der Waals surface area contributed by atoms with Crippen molar-refractivity contribution in [1.82, 2.24) is 5.32 Å². The summed E-state index contributed by atoms with van der Waals surface area (Å²) in [4.78, 5) is 23.1. The predicted molar refractivity (Wildman–Crippen MR) is 77.8 cm³/mol. The highest BCUT2D eigenvalue weighted by atomic mass is 32.1. The van der Waals surface area contributed by atoms with Crippen LogP contribution in [0.15, 0.2) is 29.6 Å². The maximum absolute atomic E-state index is 11.7. The molecule has 3 rings (SSSR count). The van der Waals surface area contributed by atoms with Crippen LogP contribution in [0.25, 0.3) is 10.1 Å². The number of amides is 1. The monoisotopic (exact) mass is 289 g/mol. The minimum Gasteiger partial charge on any atom is -0.480 e. The number of carboxylic acid groups (broad SMARTS) is 1. The molecule has 0 bridgehead atoms. The summed E-state index contributed by atoms with van der Waals surface area (Å²) in [6.07, 6.45) is 2.08. The highest BCUT2D eigenvalue weighted by molar-refractivity contribution is 7.17. The molecule has 5 heteroatoms. The highest BCUT2D eigenvalue weighted by Gasteiger charge is 2.32. The van der Waals surface area contributed by atoms with Crippen molar-refractivity contribution in [3.63, 3.8) is 0 Å². The van der Waals surface area contributed by atoms with Crippen LogP contribution in [0.2, 0.25) is 0 Å². The summed E-state index contributed by atoms with van der Waals surface area (Å²) in [6, 6.07) is 7.06. The molecule has 0 radical (unpaired) electrons. The quantitative estimate of drug-likeness (QED) is 0.888. The van der Waals surface area contributed by atoms with Crippen LogP contribution in [0.3, 0.4) is 0 Å². The molecular formula is C15H15NO3S. The van der Waals surface area contributed by atoms with Crippen molar-refractivity contribution < 1.29 is 14.7 Å². The fraction of sp³-hybridized carbons (Fsp3) is 0.333. The number of fused-ring (bicyclic) bond motifs is 1. The normalized spacial score (nSPS) is 16.0. The van der Waals surface area contributed by atoms with Crippen LogP contribution in [0.1, 0.15) is 18.4 Å². The fourth-order valence-electron chi connectivity index (χ4n) is 2.25. The second-order valence-electron chi connectivity index (χ2n) is 5.13. The zero-order valence-corrected chi connectivity index (χ0v) is 11.7. The molecule has 1 unspecified atom stereocenters. The van der Waals surface area contributed by atoms with Crippen molar-refractivity contribution in [3.8, 4) is 0 Å². The lowest BCUT2D eigenvalue weighted by atomic mass is 10.0. The molecule has 1 amide bonds. The van der Waals surface area contributed by atoms with Crippen LogP contribution in [0.4, 0.5) is 0 Å². The van der Waals surface area contributed by atoms with Gasteiger partial charge in [-0.1, -0.05) is 18.2 Å². The first kappa shape index (κ1) is 13.1. The molecule has 1 aliphatic rings. The number of thiophene rings is 1. The Morgan fingerprint density at radius 2 is 2.10 bits per heavy atom. The van der Waals surface area contributed by atoms with E-state index in [2.05, 4.69) is 5.32 Å². The first-order valence-electron chi connectivity index (χ1n) is 6.63. The summed E-state index contributed by atoms with van der Waals surface area (Å²) in [5.41, 5.74) is 0.981. The maximum Gasteiger partial charge on any atom is 0.326 e. The summed E-state index contributed by atoms with van der Waals surface area (Å²) in [5, 5.41) is 15.0. The molecule has 2 N–H and O–H groups in total. The van der Waals surface area contributed by atoms with Crippen LogP contribution in [0.5, 0.6) is 0 Å². The molecule has 2 aromatic rings. The predicted octanol–water partition coefficient (Wildman–Crippen LogP) is 2.42. The van der Waals surface area contributed by atoms with Crippen molar-refractivity contribution in [2.45, 2.75) is 25.3 Å². The molecular weight excluding hydrogens is 274 g/mol. The lowest BCUT2D eigenvalue weighted by Crippen LogP contribution is -2.43. The van der Waals surface area contributed by atoms with Crippen LogP contribution in [-0.4, -0.2) is 23.0 Å². The first-order chi connectivity index (χ1) is 9.65. The summed E-state index contributed by atoms with van der Waals surface area (Å²) in [5.74, 6) is -1.08. The Labute approximate surface area is 120 Å². The third-order valence-corrected chi connectivity index (χ3v) is 4.56. The zero-order chi connectivity index (χ0) is 14.1. The van der Waals surface area contributed by atoms with Gasteiger partial charge in [-0.2, -0.15) is 0 Å². The van der Waals surface area contributed by atoms with E-state index in [9.17, 15) is 14.7 Å². The smallest absolute Gasteiger partial charge is 0.326 e. The Hall–Kier alpha value is -1.88. The molecule has 1 aromatic carbocycles. The van der Waals surface area contributed by atoms with Gasteiger partial charge in [-0.05, 0) is 35.2 Å². The Bertz CT molecular complexity index is 660. The number of hydrogen-bond acceptors (Lipinski definition) is 3. The van der Waals surface area contributed by atoms with E-state index in [0.29, 0.717) is 6.42 Å². The molecule has 1 saturated carbocycles. The average molecular weight is 289 g/mol. The Morgan fingerprint density at radius 1 is 1.35 bits per heavy atom. The molecule has 104 valence electrons. The molecule has 1 atom stereocenters. The van der Waals surface area contributed by atoms with Gasteiger partial charge in [-0.3, -0.25) is 4.79 Å². The van der Waals surface area contributed by atoms with Crippen molar-refractivity contribution in [3.05, 3.63) is 35.2 Å². The minimum absolute atomic E-state index is 0.0241. The van der Waals surface area contributed by atoms with E-state index in [-0.39, 0.29) is 11.8 Å². The highest BCUT2D eigenvalue weighted by Crippen LogP contribution is 2.30. The van der Waals surface area contributed by atoms with Gasteiger partial charge in [0.2, 0.25) is 5.91 Å². The van der Waals surface area contributed by atoms with Gasteiger partial charge in [0.1, 0.15) is 6.04 Å². The van der Waals surface area contributed by atoms with E-state index < -0.39 is 12.0 Å². The van der Waals surface area contributed by atoms with Crippen LogP contribution < -0.4 is 5.32 Å². The van der Waals surface area contributed by atoms with E-state index in [4.69, 9.17) is 0 Å². The number of rotatable bonds is 5. The fourth-order valence-corrected chi connectivity index (χ4v) is 3.22. The minimum atomic E-state index is -0.978. The zero-order valence-electron chi connectivity index (χ0n) is 10.8. The summed E-state index contributed by atoms with van der Waals surface area (Å²) < 4.78 is 1.14. The topological polar surface area (TPSA) is 66.4 Å². The number of carbonyl (C=O) groups excluding carboxylic acids is 1. The molecule has 1 aromatic heterocycles. The van der Waals surface area contributed by atoms with Crippen molar-refractivity contribution in [1.29, 1.82) is 0 Å². The van der Waals surface area contributed by atoms with Crippen LogP contribution in [-0.2, 0) is 16.0 Å². The van der Waals surface area contributed by atoms with Gasteiger partial charge in [0.25, 0.3) is 0 Å². The Morgan fingerprint density at radius 3 is 2.80 bits per heavy atom. The van der Waals surface area contributed by atoms with E-state index in [1.165, 1.54) is 0 Å². The van der Waals surface area contributed by atoms with Gasteiger partial charge >= 0.3 is 5.97 Å². The molecule has 1 fully saturated rings. The number of aliphatic carboxylic acids is 1. The van der Waals surface area contributed by atoms with Crippen molar-refractivity contribution in [2.24, 2.45) is 5.92 Å². The standard InChI is InChI=1S/C15H15NO3S/c17-14(9-5-6-9)16-12(15(18)19)7-10-8-20-13-4-2-1-3-11(10)13/h1-4,8-9,12H,5-7H2,(H,16,17)(H,18,19). The largest absolute Gasteiger partial charge is 0.480 e. The number of carboxylic acids is 1. The van der Waals surface area contributed by atoms with Gasteiger partial charge in [0.05, 0.1) is 0 Å². The molecule has 1 aliphatic carbocycles. The SMILES string of the molecule is O=C(NC(Cc1csc2ccccc12)C(=O)O)C1CC1. The summed E-state index contributed by atoms with van der Waals surface area (Å²) >= 11 is 1.60. The Balaban J connectivity index is 1.78. The van der Waals surface area contributed by atoms with E-state index in [0.717, 1.165) is 28.5 Å². The second kappa shape index (κ2) is 5.25. The second-order valence-corrected chi connectivity index (χ2v) is 6.05. The van der Waals surface area contributed by atoms with Gasteiger partial charge in [0.15, 0.2) is 0 Å². The van der Waals surface area contributed by atoms with Gasteiger partial charge in [0, 0.05) is 17.0 Å². The van der Waals surface area contributed by atoms with Gasteiger partial charge in [-0.25, -0.2) is 4.79 Å².